The molecular formula is C9H11BrN2O2. The Morgan fingerprint density at radius 1 is 1.43 bits per heavy atom. The smallest absolute Gasteiger partial charge is 0.335 e. The van der Waals surface area contributed by atoms with Crippen molar-refractivity contribution in [2.45, 2.75) is 0 Å². The number of hydrogen-bond donors (Lipinski definition) is 2. The molecule has 2 N–H and O–H groups in total. The maximum Gasteiger partial charge on any atom is 0.335 e. The third kappa shape index (κ3) is 3.01. The van der Waals surface area contributed by atoms with Crippen molar-refractivity contribution in [2.24, 2.45) is 0 Å². The first-order valence-electron chi connectivity index (χ1n) is 3.97. The first-order valence-corrected chi connectivity index (χ1v) is 4.76. The van der Waals surface area contributed by atoms with Crippen LogP contribution in [0.1, 0.15) is 10.4 Å². The van der Waals surface area contributed by atoms with Gasteiger partial charge in [-0.3, -0.25) is 0 Å². The average Bonchev–Trinajstić information content (AvgIpc) is 2.01. The number of nitrogens with one attached hydrogen (secondary N) is 1. The van der Waals surface area contributed by atoms with Crippen LogP contribution in [0.4, 0.5) is 5.69 Å². The van der Waals surface area contributed by atoms with Crippen molar-refractivity contribution in [3.05, 3.63) is 28.2 Å². The molecule has 0 aliphatic heterocycles. The Labute approximate surface area is 90.6 Å². The summed E-state index contributed by atoms with van der Waals surface area (Å²) >= 11 is 3.25. The largest absolute Gasteiger partial charge is 0.478 e. The van der Waals surface area contributed by atoms with E-state index in [-0.39, 0.29) is 5.56 Å². The van der Waals surface area contributed by atoms with Gasteiger partial charge in [0.25, 0.3) is 0 Å². The average molecular weight is 259 g/mol. The number of nitrogens with zero attached hydrogens (tertiary/aromatic N) is 1. The van der Waals surface area contributed by atoms with Crippen LogP contribution in [0.2, 0.25) is 0 Å². The highest BCUT2D eigenvalue weighted by Crippen LogP contribution is 2.19. The van der Waals surface area contributed by atoms with E-state index in [1.165, 1.54) is 0 Å². The van der Waals surface area contributed by atoms with Crippen molar-refractivity contribution in [1.29, 1.82) is 0 Å². The molecule has 76 valence electrons. The van der Waals surface area contributed by atoms with Crippen LogP contribution in [0.5, 0.6) is 0 Å². The van der Waals surface area contributed by atoms with Crippen LogP contribution in [-0.4, -0.2) is 30.2 Å². The Balaban J connectivity index is 3.01. The molecule has 0 fully saturated rings. The number of carboxylic acid groups (broad SMARTS) is 1. The van der Waals surface area contributed by atoms with Crippen molar-refractivity contribution in [3.63, 3.8) is 0 Å². The fourth-order valence-corrected chi connectivity index (χ4v) is 1.53. The molecule has 0 bridgehead atoms. The molecule has 0 unspecified atom stereocenters. The van der Waals surface area contributed by atoms with E-state index in [4.69, 9.17) is 5.11 Å². The lowest BCUT2D eigenvalue weighted by molar-refractivity contribution is 0.0697. The molecule has 0 spiro atoms. The fraction of sp³-hybridized carbons (Fsp3) is 0.222. The number of carboxylic acids is 1. The van der Waals surface area contributed by atoms with Gasteiger partial charge in [0.1, 0.15) is 0 Å². The van der Waals surface area contributed by atoms with Gasteiger partial charge in [0.05, 0.1) is 11.3 Å². The van der Waals surface area contributed by atoms with Gasteiger partial charge in [0, 0.05) is 18.6 Å². The van der Waals surface area contributed by atoms with Gasteiger partial charge in [-0.25, -0.2) is 9.80 Å². The fourth-order valence-electron chi connectivity index (χ4n) is 1.04. The van der Waals surface area contributed by atoms with E-state index in [9.17, 15) is 4.79 Å². The predicted octanol–water partition coefficient (Wildman–Crippen LogP) is 2.04. The number of hydrazine groups is 1. The first kappa shape index (κ1) is 11.0. The topological polar surface area (TPSA) is 52.6 Å². The minimum atomic E-state index is -0.937. The van der Waals surface area contributed by atoms with Crippen LogP contribution in [0.15, 0.2) is 22.7 Å². The van der Waals surface area contributed by atoms with Crippen LogP contribution >= 0.6 is 15.9 Å². The number of carbonyl (C=O) groups is 1. The van der Waals surface area contributed by atoms with E-state index in [0.29, 0.717) is 0 Å². The molecule has 0 radical (unpaired) electrons. The Bertz CT molecular complexity index is 353. The molecule has 0 atom stereocenters. The summed E-state index contributed by atoms with van der Waals surface area (Å²) in [7, 11) is 3.67. The van der Waals surface area contributed by atoms with Crippen LogP contribution in [0.3, 0.4) is 0 Å². The van der Waals surface area contributed by atoms with Gasteiger partial charge in [0.2, 0.25) is 0 Å². The minimum absolute atomic E-state index is 0.253. The number of halogens is 1. The summed E-state index contributed by atoms with van der Waals surface area (Å²) in [6.45, 7) is 0. The Kier molecular flexibility index (Phi) is 3.49. The molecule has 4 nitrogen and oxygen atoms in total. The molecule has 1 aromatic rings. The molecule has 1 aromatic carbocycles. The number of rotatable bonds is 3. The standard InChI is InChI=1S/C9H11BrN2O2/c1-12(2)11-8-4-6(9(13)14)3-7(10)5-8/h3-5,11H,1-2H3,(H,13,14). The van der Waals surface area contributed by atoms with Gasteiger partial charge in [0.15, 0.2) is 0 Å². The molecule has 0 heterocycles. The van der Waals surface area contributed by atoms with Gasteiger partial charge in [-0.2, -0.15) is 0 Å². The summed E-state index contributed by atoms with van der Waals surface area (Å²) in [6, 6.07) is 4.95. The Morgan fingerprint density at radius 2 is 2.07 bits per heavy atom. The summed E-state index contributed by atoms with van der Waals surface area (Å²) in [4.78, 5) is 10.7. The van der Waals surface area contributed by atoms with Crippen molar-refractivity contribution in [2.75, 3.05) is 19.5 Å². The monoisotopic (exact) mass is 258 g/mol. The molecule has 0 aliphatic carbocycles. The molecule has 5 heteroatoms. The van der Waals surface area contributed by atoms with Crippen LogP contribution in [0.25, 0.3) is 0 Å². The molecule has 0 aliphatic rings. The lowest BCUT2D eigenvalue weighted by Gasteiger charge is -2.14. The van der Waals surface area contributed by atoms with E-state index < -0.39 is 5.97 Å². The first-order chi connectivity index (χ1) is 6.49. The predicted molar refractivity (Wildman–Crippen MR) is 58.4 cm³/mol. The Hall–Kier alpha value is -1.07. The van der Waals surface area contributed by atoms with Gasteiger partial charge in [-0.15, -0.1) is 0 Å². The molecule has 1 rings (SSSR count). The zero-order chi connectivity index (χ0) is 10.7. The van der Waals surface area contributed by atoms with E-state index >= 15 is 0 Å². The van der Waals surface area contributed by atoms with Gasteiger partial charge in [-0.05, 0) is 18.2 Å². The number of hydrogen-bond acceptors (Lipinski definition) is 3. The van der Waals surface area contributed by atoms with E-state index in [1.807, 2.05) is 20.2 Å². The minimum Gasteiger partial charge on any atom is -0.478 e. The zero-order valence-corrected chi connectivity index (χ0v) is 9.50. The summed E-state index contributed by atoms with van der Waals surface area (Å²) < 4.78 is 0.738. The normalized spacial score (nSPS) is 10.3. The molecule has 14 heavy (non-hydrogen) atoms. The van der Waals surface area contributed by atoms with Crippen molar-refractivity contribution in [1.82, 2.24) is 5.01 Å². The lowest BCUT2D eigenvalue weighted by atomic mass is 10.2. The second-order valence-electron chi connectivity index (χ2n) is 3.04. The lowest BCUT2D eigenvalue weighted by Crippen LogP contribution is -2.19. The summed E-state index contributed by atoms with van der Waals surface area (Å²) in [5, 5.41) is 10.5. The third-order valence-electron chi connectivity index (χ3n) is 1.50. The van der Waals surface area contributed by atoms with Gasteiger partial charge in [-0.1, -0.05) is 15.9 Å². The maximum atomic E-state index is 10.7. The Morgan fingerprint density at radius 3 is 2.57 bits per heavy atom. The van der Waals surface area contributed by atoms with Crippen LogP contribution in [-0.2, 0) is 0 Å². The van der Waals surface area contributed by atoms with Crippen molar-refractivity contribution < 1.29 is 9.90 Å². The highest BCUT2D eigenvalue weighted by Gasteiger charge is 2.05. The van der Waals surface area contributed by atoms with Crippen LogP contribution in [0, 0.1) is 0 Å². The van der Waals surface area contributed by atoms with E-state index in [1.54, 1.807) is 17.1 Å². The second-order valence-corrected chi connectivity index (χ2v) is 3.96. The molecule has 0 aromatic heterocycles. The highest BCUT2D eigenvalue weighted by molar-refractivity contribution is 9.10. The van der Waals surface area contributed by atoms with Crippen molar-refractivity contribution >= 4 is 27.6 Å². The molecule has 0 saturated carbocycles. The zero-order valence-electron chi connectivity index (χ0n) is 7.91. The SMILES string of the molecule is CN(C)Nc1cc(Br)cc(C(=O)O)c1. The second kappa shape index (κ2) is 4.43. The number of benzene rings is 1. The van der Waals surface area contributed by atoms with Gasteiger partial charge < -0.3 is 10.5 Å². The molecule has 0 saturated heterocycles. The van der Waals surface area contributed by atoms with Crippen molar-refractivity contribution in [3.8, 4) is 0 Å². The summed E-state index contributed by atoms with van der Waals surface area (Å²) in [5.41, 5.74) is 3.97. The molecule has 0 amide bonds. The summed E-state index contributed by atoms with van der Waals surface area (Å²) in [6.07, 6.45) is 0. The third-order valence-corrected chi connectivity index (χ3v) is 1.96. The van der Waals surface area contributed by atoms with Gasteiger partial charge >= 0.3 is 5.97 Å². The van der Waals surface area contributed by atoms with E-state index in [2.05, 4.69) is 21.4 Å². The number of anilines is 1. The highest BCUT2D eigenvalue weighted by atomic mass is 79.9. The molecular weight excluding hydrogens is 248 g/mol. The van der Waals surface area contributed by atoms with Crippen LogP contribution < -0.4 is 5.43 Å². The summed E-state index contributed by atoms with van der Waals surface area (Å²) in [5.74, 6) is -0.937. The van der Waals surface area contributed by atoms with E-state index in [0.717, 1.165) is 10.2 Å². The number of aromatic carboxylic acids is 1. The maximum absolute atomic E-state index is 10.7. The quantitative estimate of drug-likeness (QED) is 0.815.